The molecule has 1 heterocycles. The second kappa shape index (κ2) is 8.57. The number of Topliss-reactive ketones (excluding diaryl/α,β-unsaturated/α-hetero) is 1. The summed E-state index contributed by atoms with van der Waals surface area (Å²) < 4.78 is 6.28. The Labute approximate surface area is 163 Å². The second-order valence-corrected chi connectivity index (χ2v) is 6.49. The number of rotatable bonds is 6. The van der Waals surface area contributed by atoms with E-state index in [2.05, 4.69) is 26.5 Å². The van der Waals surface area contributed by atoms with Crippen molar-refractivity contribution < 1.29 is 19.1 Å². The molecule has 1 atom stereocenters. The summed E-state index contributed by atoms with van der Waals surface area (Å²) in [5.41, 5.74) is 3.22. The molecule has 1 aromatic heterocycles. The number of nitrogens with one attached hydrogen (secondary N) is 1. The Morgan fingerprint density at radius 2 is 1.70 bits per heavy atom. The molecule has 0 spiro atoms. The molecule has 0 saturated heterocycles. The number of hydrogen-bond acceptors (Lipinski definition) is 5. The van der Waals surface area contributed by atoms with Crippen molar-refractivity contribution in [1.29, 1.82) is 0 Å². The van der Waals surface area contributed by atoms with E-state index in [1.54, 1.807) is 60.7 Å². The van der Waals surface area contributed by atoms with Crippen molar-refractivity contribution in [1.82, 2.24) is 5.43 Å². The van der Waals surface area contributed by atoms with Crippen molar-refractivity contribution in [3.63, 3.8) is 0 Å². The lowest BCUT2D eigenvalue weighted by atomic mass is 10.1. The minimum absolute atomic E-state index is 0.101. The van der Waals surface area contributed by atoms with Crippen LogP contribution in [-0.2, 0) is 0 Å². The summed E-state index contributed by atoms with van der Waals surface area (Å²) >= 11 is 3.30. The summed E-state index contributed by atoms with van der Waals surface area (Å²) in [6.45, 7) is 0. The highest BCUT2D eigenvalue weighted by molar-refractivity contribution is 9.10. The first kappa shape index (κ1) is 18.8. The molecular formula is C20H15BrN2O4. The van der Waals surface area contributed by atoms with Gasteiger partial charge in [-0.15, -0.1) is 0 Å². The number of furan rings is 1. The van der Waals surface area contributed by atoms with Crippen molar-refractivity contribution in [2.24, 2.45) is 5.10 Å². The van der Waals surface area contributed by atoms with E-state index in [1.807, 2.05) is 0 Å². The van der Waals surface area contributed by atoms with E-state index in [1.165, 1.54) is 12.3 Å². The van der Waals surface area contributed by atoms with E-state index in [0.717, 1.165) is 4.47 Å². The van der Waals surface area contributed by atoms with Crippen LogP contribution in [0.3, 0.4) is 0 Å². The number of carbonyl (C=O) groups is 2. The fourth-order valence-corrected chi connectivity index (χ4v) is 2.56. The molecule has 0 bridgehead atoms. The minimum Gasteiger partial charge on any atom is -0.457 e. The molecule has 0 saturated carbocycles. The van der Waals surface area contributed by atoms with E-state index in [-0.39, 0.29) is 11.7 Å². The zero-order valence-corrected chi connectivity index (χ0v) is 15.6. The highest BCUT2D eigenvalue weighted by atomic mass is 79.9. The van der Waals surface area contributed by atoms with Crippen LogP contribution in [0.15, 0.2) is 80.7 Å². The molecule has 0 aliphatic carbocycles. The molecule has 1 amide bonds. The Kier molecular flexibility index (Phi) is 5.95. The lowest BCUT2D eigenvalue weighted by Gasteiger charge is -2.06. The average molecular weight is 427 g/mol. The van der Waals surface area contributed by atoms with Gasteiger partial charge in [0.25, 0.3) is 5.91 Å². The minimum atomic E-state index is -1.41. The number of halogens is 1. The first-order valence-corrected chi connectivity index (χ1v) is 8.80. The lowest BCUT2D eigenvalue weighted by Crippen LogP contribution is -2.17. The molecular weight excluding hydrogens is 412 g/mol. The number of aliphatic hydroxyl groups excluding tert-OH is 1. The fourth-order valence-electron chi connectivity index (χ4n) is 2.29. The molecule has 2 N–H and O–H groups in total. The van der Waals surface area contributed by atoms with Gasteiger partial charge in [0.15, 0.2) is 11.9 Å². The van der Waals surface area contributed by atoms with Gasteiger partial charge in [-0.05, 0) is 36.4 Å². The maximum Gasteiger partial charge on any atom is 0.271 e. The molecule has 0 aliphatic heterocycles. The van der Waals surface area contributed by atoms with Crippen LogP contribution in [0.1, 0.15) is 38.3 Å². The smallest absolute Gasteiger partial charge is 0.271 e. The molecule has 0 aliphatic rings. The molecule has 6 nitrogen and oxygen atoms in total. The average Bonchev–Trinajstić information content (AvgIpc) is 3.17. The van der Waals surface area contributed by atoms with Crippen molar-refractivity contribution in [3.8, 4) is 0 Å². The van der Waals surface area contributed by atoms with Crippen LogP contribution in [-0.4, -0.2) is 23.0 Å². The van der Waals surface area contributed by atoms with Crippen LogP contribution in [0, 0.1) is 0 Å². The summed E-state index contributed by atoms with van der Waals surface area (Å²) in [7, 11) is 0. The summed E-state index contributed by atoms with van der Waals surface area (Å²) in [5.74, 6) is -0.438. The zero-order chi connectivity index (χ0) is 19.2. The van der Waals surface area contributed by atoms with E-state index in [4.69, 9.17) is 4.42 Å². The maximum absolute atomic E-state index is 12.2. The van der Waals surface area contributed by atoms with E-state index < -0.39 is 11.9 Å². The molecule has 3 rings (SSSR count). The first-order valence-electron chi connectivity index (χ1n) is 8.00. The normalized spacial score (nSPS) is 12.1. The van der Waals surface area contributed by atoms with Gasteiger partial charge in [-0.2, -0.15) is 5.10 Å². The van der Waals surface area contributed by atoms with Gasteiger partial charge in [-0.3, -0.25) is 9.59 Å². The number of benzene rings is 2. The first-order chi connectivity index (χ1) is 13.0. The van der Waals surface area contributed by atoms with Crippen LogP contribution in [0.5, 0.6) is 0 Å². The molecule has 3 aromatic rings. The molecule has 27 heavy (non-hydrogen) atoms. The zero-order valence-electron chi connectivity index (χ0n) is 14.0. The van der Waals surface area contributed by atoms with Gasteiger partial charge in [0.2, 0.25) is 0 Å². The van der Waals surface area contributed by atoms with Crippen LogP contribution in [0.2, 0.25) is 0 Å². The highest BCUT2D eigenvalue weighted by Gasteiger charge is 2.22. The Bertz CT molecular complexity index is 965. The van der Waals surface area contributed by atoms with Crippen molar-refractivity contribution >= 4 is 33.8 Å². The maximum atomic E-state index is 12.2. The summed E-state index contributed by atoms with van der Waals surface area (Å²) in [4.78, 5) is 24.2. The van der Waals surface area contributed by atoms with Gasteiger partial charge in [0.05, 0.1) is 6.21 Å². The van der Waals surface area contributed by atoms with E-state index >= 15 is 0 Å². The number of aliphatic hydroxyl groups is 1. The molecule has 0 fully saturated rings. The Morgan fingerprint density at radius 3 is 2.41 bits per heavy atom. The van der Waals surface area contributed by atoms with Gasteiger partial charge in [0, 0.05) is 15.6 Å². The van der Waals surface area contributed by atoms with Crippen LogP contribution in [0.4, 0.5) is 0 Å². The largest absolute Gasteiger partial charge is 0.457 e. The summed E-state index contributed by atoms with van der Waals surface area (Å²) in [6, 6.07) is 18.3. The van der Waals surface area contributed by atoms with Crippen LogP contribution in [0.25, 0.3) is 0 Å². The predicted molar refractivity (Wildman–Crippen MR) is 104 cm³/mol. The fraction of sp³-hybridized carbons (Fsp3) is 0.0500. The quantitative estimate of drug-likeness (QED) is 0.356. The number of nitrogens with zero attached hydrogens (tertiary/aromatic N) is 1. The number of amides is 1. The van der Waals surface area contributed by atoms with Crippen molar-refractivity contribution in [2.75, 3.05) is 0 Å². The highest BCUT2D eigenvalue weighted by Crippen LogP contribution is 2.20. The van der Waals surface area contributed by atoms with Crippen molar-refractivity contribution in [2.45, 2.75) is 6.10 Å². The second-order valence-electron chi connectivity index (χ2n) is 5.58. The van der Waals surface area contributed by atoms with Gasteiger partial charge in [-0.25, -0.2) is 5.43 Å². The third kappa shape index (κ3) is 4.78. The number of carbonyl (C=O) groups excluding carboxylic acids is 2. The summed E-state index contributed by atoms with van der Waals surface area (Å²) in [5, 5.41) is 14.0. The Balaban J connectivity index is 1.62. The van der Waals surface area contributed by atoms with Crippen LogP contribution < -0.4 is 5.43 Å². The van der Waals surface area contributed by atoms with Gasteiger partial charge < -0.3 is 9.52 Å². The topological polar surface area (TPSA) is 91.9 Å². The third-order valence-electron chi connectivity index (χ3n) is 3.69. The van der Waals surface area contributed by atoms with Gasteiger partial charge in [0.1, 0.15) is 11.5 Å². The third-order valence-corrected chi connectivity index (χ3v) is 4.22. The predicted octanol–water partition coefficient (Wildman–Crippen LogP) is 3.72. The molecule has 0 radical (unpaired) electrons. The molecule has 2 aromatic carbocycles. The Hall–Kier alpha value is -3.03. The van der Waals surface area contributed by atoms with Gasteiger partial charge in [-0.1, -0.05) is 46.3 Å². The van der Waals surface area contributed by atoms with E-state index in [9.17, 15) is 14.7 Å². The number of hydrogen-bond donors (Lipinski definition) is 2. The standard InChI is InChI=1S/C20H15BrN2O4/c21-15-8-6-14(7-9-15)20(26)23-22-12-16-10-11-17(27-16)19(25)18(24)13-4-2-1-3-5-13/h1-12,19,25H,(H,23,26). The van der Waals surface area contributed by atoms with Crippen molar-refractivity contribution in [3.05, 3.63) is 93.9 Å². The Morgan fingerprint density at radius 1 is 1.00 bits per heavy atom. The van der Waals surface area contributed by atoms with Gasteiger partial charge >= 0.3 is 0 Å². The van der Waals surface area contributed by atoms with E-state index in [0.29, 0.717) is 16.9 Å². The summed E-state index contributed by atoms with van der Waals surface area (Å²) in [6.07, 6.45) is -0.119. The lowest BCUT2D eigenvalue weighted by molar-refractivity contribution is 0.0703. The number of ketones is 1. The molecule has 7 heteroatoms. The van der Waals surface area contributed by atoms with Crippen LogP contribution >= 0.6 is 15.9 Å². The molecule has 136 valence electrons. The number of hydrazone groups is 1. The monoisotopic (exact) mass is 426 g/mol. The molecule has 1 unspecified atom stereocenters. The SMILES string of the molecule is O=C(NN=Cc1ccc(C(O)C(=O)c2ccccc2)o1)c1ccc(Br)cc1.